The van der Waals surface area contributed by atoms with E-state index in [0.717, 1.165) is 11.1 Å². The van der Waals surface area contributed by atoms with Crippen LogP contribution in [0.25, 0.3) is 0 Å². The minimum Gasteiger partial charge on any atom is -0.416 e. The summed E-state index contributed by atoms with van der Waals surface area (Å²) >= 11 is 0. The fourth-order valence-electron chi connectivity index (χ4n) is 1.82. The zero-order chi connectivity index (χ0) is 14.7. The fraction of sp³-hybridized carbons (Fsp3) is 0.133. The Bertz CT molecular complexity index is 679. The van der Waals surface area contributed by atoms with Crippen molar-refractivity contribution >= 4 is 11.7 Å². The van der Waals surface area contributed by atoms with Gasteiger partial charge in [-0.1, -0.05) is 24.3 Å². The molecule has 5 nitrogen and oxygen atoms in total. The smallest absolute Gasteiger partial charge is 0.344 e. The number of carbonyl (C=O) groups is 1. The molecule has 0 amide bonds. The van der Waals surface area contributed by atoms with E-state index in [1.54, 1.807) is 18.2 Å². The van der Waals surface area contributed by atoms with Crippen LogP contribution in [0.3, 0.4) is 0 Å². The average Bonchev–Trinajstić information content (AvgIpc) is 2.42. The Labute approximate surface area is 116 Å². The molecular weight excluding hydrogens is 258 g/mol. The molecule has 0 bridgehead atoms. The molecule has 102 valence electrons. The van der Waals surface area contributed by atoms with Crippen LogP contribution < -0.4 is 4.74 Å². The van der Waals surface area contributed by atoms with Crippen LogP contribution in [0.15, 0.2) is 42.5 Å². The summed E-state index contributed by atoms with van der Waals surface area (Å²) in [5.41, 5.74) is 1.94. The number of hydrogen-bond acceptors (Lipinski definition) is 4. The Kier molecular flexibility index (Phi) is 3.79. The number of nitro groups is 1. The van der Waals surface area contributed by atoms with E-state index in [-0.39, 0.29) is 11.4 Å². The minimum absolute atomic E-state index is 0.0524. The van der Waals surface area contributed by atoms with Crippen LogP contribution in [0.2, 0.25) is 0 Å². The third-order valence-electron chi connectivity index (χ3n) is 3.09. The molecule has 0 radical (unpaired) electrons. The highest BCUT2D eigenvalue weighted by Crippen LogP contribution is 2.27. The van der Waals surface area contributed by atoms with Gasteiger partial charge in [0, 0.05) is 6.07 Å². The van der Waals surface area contributed by atoms with Crippen LogP contribution in [0, 0.1) is 24.0 Å². The van der Waals surface area contributed by atoms with Crippen LogP contribution >= 0.6 is 0 Å². The summed E-state index contributed by atoms with van der Waals surface area (Å²) in [6, 6.07) is 11.1. The summed E-state index contributed by atoms with van der Waals surface area (Å²) < 4.78 is 5.15. The number of para-hydroxylation sites is 2. The highest BCUT2D eigenvalue weighted by atomic mass is 16.6. The van der Waals surface area contributed by atoms with Crippen molar-refractivity contribution in [3.63, 3.8) is 0 Å². The van der Waals surface area contributed by atoms with Crippen molar-refractivity contribution in [2.45, 2.75) is 13.8 Å². The highest BCUT2D eigenvalue weighted by Gasteiger charge is 2.19. The molecule has 0 aliphatic heterocycles. The topological polar surface area (TPSA) is 69.4 Å². The van der Waals surface area contributed by atoms with Crippen LogP contribution in [0.4, 0.5) is 5.69 Å². The van der Waals surface area contributed by atoms with E-state index in [1.165, 1.54) is 18.2 Å². The first kappa shape index (κ1) is 13.7. The van der Waals surface area contributed by atoms with E-state index in [0.29, 0.717) is 5.56 Å². The Morgan fingerprint density at radius 3 is 2.50 bits per heavy atom. The summed E-state index contributed by atoms with van der Waals surface area (Å²) in [5.74, 6) is -0.649. The highest BCUT2D eigenvalue weighted by molar-refractivity contribution is 5.93. The maximum Gasteiger partial charge on any atom is 0.344 e. The molecule has 2 aromatic rings. The Morgan fingerprint density at radius 1 is 1.10 bits per heavy atom. The maximum absolute atomic E-state index is 12.1. The number of rotatable bonds is 3. The molecule has 0 saturated heterocycles. The van der Waals surface area contributed by atoms with E-state index in [1.807, 2.05) is 19.9 Å². The molecule has 0 saturated carbocycles. The van der Waals surface area contributed by atoms with Gasteiger partial charge in [0.1, 0.15) is 0 Å². The van der Waals surface area contributed by atoms with Gasteiger partial charge in [-0.05, 0) is 37.1 Å². The van der Waals surface area contributed by atoms with E-state index in [9.17, 15) is 14.9 Å². The van der Waals surface area contributed by atoms with Crippen molar-refractivity contribution in [2.75, 3.05) is 0 Å². The van der Waals surface area contributed by atoms with Gasteiger partial charge >= 0.3 is 11.7 Å². The lowest BCUT2D eigenvalue weighted by Gasteiger charge is -2.08. The van der Waals surface area contributed by atoms with Crippen LogP contribution in [-0.4, -0.2) is 10.9 Å². The average molecular weight is 271 g/mol. The quantitative estimate of drug-likeness (QED) is 0.371. The van der Waals surface area contributed by atoms with Crippen molar-refractivity contribution in [1.82, 2.24) is 0 Å². The Morgan fingerprint density at radius 2 is 1.80 bits per heavy atom. The first-order chi connectivity index (χ1) is 9.50. The molecule has 2 aromatic carbocycles. The lowest BCUT2D eigenvalue weighted by molar-refractivity contribution is -0.385. The first-order valence-corrected chi connectivity index (χ1v) is 6.02. The van der Waals surface area contributed by atoms with E-state index >= 15 is 0 Å². The van der Waals surface area contributed by atoms with Gasteiger partial charge in [-0.15, -0.1) is 0 Å². The van der Waals surface area contributed by atoms with Crippen LogP contribution in [0.1, 0.15) is 21.5 Å². The number of aryl methyl sites for hydroxylation is 1. The van der Waals surface area contributed by atoms with Gasteiger partial charge in [-0.2, -0.15) is 0 Å². The molecule has 0 aromatic heterocycles. The summed E-state index contributed by atoms with van der Waals surface area (Å²) in [7, 11) is 0. The molecule has 0 fully saturated rings. The van der Waals surface area contributed by atoms with Crippen molar-refractivity contribution < 1.29 is 14.5 Å². The van der Waals surface area contributed by atoms with Gasteiger partial charge in [-0.25, -0.2) is 4.79 Å². The number of carbonyl (C=O) groups excluding carboxylic acids is 1. The van der Waals surface area contributed by atoms with Gasteiger partial charge in [0.2, 0.25) is 5.75 Å². The summed E-state index contributed by atoms with van der Waals surface area (Å²) in [5, 5.41) is 10.9. The van der Waals surface area contributed by atoms with Crippen molar-refractivity contribution in [3.05, 3.63) is 69.3 Å². The zero-order valence-corrected chi connectivity index (χ0v) is 11.1. The second-order valence-corrected chi connectivity index (χ2v) is 4.36. The third-order valence-corrected chi connectivity index (χ3v) is 3.09. The third kappa shape index (κ3) is 2.66. The van der Waals surface area contributed by atoms with Gasteiger partial charge in [-0.3, -0.25) is 10.1 Å². The predicted octanol–water partition coefficient (Wildman–Crippen LogP) is 3.43. The van der Waals surface area contributed by atoms with Gasteiger partial charge in [0.05, 0.1) is 10.5 Å². The molecular formula is C15H13NO4. The largest absolute Gasteiger partial charge is 0.416 e. The zero-order valence-electron chi connectivity index (χ0n) is 11.1. The van der Waals surface area contributed by atoms with Gasteiger partial charge < -0.3 is 4.74 Å². The summed E-state index contributed by atoms with van der Waals surface area (Å²) in [6.45, 7) is 3.70. The number of hydrogen-bond donors (Lipinski definition) is 0. The van der Waals surface area contributed by atoms with E-state index < -0.39 is 10.9 Å². The van der Waals surface area contributed by atoms with Crippen molar-refractivity contribution in [2.24, 2.45) is 0 Å². The second-order valence-electron chi connectivity index (χ2n) is 4.36. The SMILES string of the molecule is Cc1cccc(C(=O)Oc2ccccc2[N+](=O)[O-])c1C. The number of ether oxygens (including phenoxy) is 1. The van der Waals surface area contributed by atoms with Crippen LogP contribution in [-0.2, 0) is 0 Å². The lowest BCUT2D eigenvalue weighted by Crippen LogP contribution is -2.11. The number of nitro benzene ring substituents is 1. The molecule has 0 aliphatic rings. The Balaban J connectivity index is 2.33. The Hall–Kier alpha value is -2.69. The molecule has 20 heavy (non-hydrogen) atoms. The van der Waals surface area contributed by atoms with Crippen LogP contribution in [0.5, 0.6) is 5.75 Å². The lowest BCUT2D eigenvalue weighted by atomic mass is 10.0. The fourth-order valence-corrected chi connectivity index (χ4v) is 1.82. The van der Waals surface area contributed by atoms with Gasteiger partial charge in [0.25, 0.3) is 0 Å². The second kappa shape index (κ2) is 5.52. The molecule has 0 spiro atoms. The van der Waals surface area contributed by atoms with E-state index in [2.05, 4.69) is 0 Å². The normalized spacial score (nSPS) is 10.1. The standard InChI is InChI=1S/C15H13NO4/c1-10-6-5-7-12(11(10)2)15(17)20-14-9-4-3-8-13(14)16(18)19/h3-9H,1-2H3. The monoisotopic (exact) mass is 271 g/mol. The first-order valence-electron chi connectivity index (χ1n) is 6.02. The number of esters is 1. The molecule has 5 heteroatoms. The maximum atomic E-state index is 12.1. The number of benzene rings is 2. The predicted molar refractivity (Wildman–Crippen MR) is 74.0 cm³/mol. The molecule has 2 rings (SSSR count). The molecule has 0 aliphatic carbocycles. The molecule has 0 heterocycles. The van der Waals surface area contributed by atoms with Crippen molar-refractivity contribution in [3.8, 4) is 5.75 Å². The minimum atomic E-state index is -0.597. The van der Waals surface area contributed by atoms with Gasteiger partial charge in [0.15, 0.2) is 0 Å². The van der Waals surface area contributed by atoms with E-state index in [4.69, 9.17) is 4.74 Å². The van der Waals surface area contributed by atoms with Crippen molar-refractivity contribution in [1.29, 1.82) is 0 Å². The summed E-state index contributed by atoms with van der Waals surface area (Å²) in [6.07, 6.45) is 0. The molecule has 0 unspecified atom stereocenters. The molecule has 0 N–H and O–H groups in total. The number of nitrogens with zero attached hydrogens (tertiary/aromatic N) is 1. The summed E-state index contributed by atoms with van der Waals surface area (Å²) in [4.78, 5) is 22.4. The molecule has 0 atom stereocenters.